The van der Waals surface area contributed by atoms with Crippen molar-refractivity contribution in [2.75, 3.05) is 11.9 Å². The Labute approximate surface area is 226 Å². The van der Waals surface area contributed by atoms with Crippen molar-refractivity contribution < 1.29 is 29.4 Å². The van der Waals surface area contributed by atoms with E-state index in [4.69, 9.17) is 0 Å². The minimum atomic E-state index is -1.77. The van der Waals surface area contributed by atoms with Crippen LogP contribution in [0.4, 0.5) is 14.7 Å². The van der Waals surface area contributed by atoms with Gasteiger partial charge in [-0.1, -0.05) is 45.0 Å². The molecule has 0 saturated carbocycles. The summed E-state index contributed by atoms with van der Waals surface area (Å²) >= 11 is 1.33. The van der Waals surface area contributed by atoms with Crippen LogP contribution in [0.3, 0.4) is 0 Å². The van der Waals surface area contributed by atoms with Gasteiger partial charge in [-0.25, -0.2) is 14.6 Å². The fourth-order valence-electron chi connectivity index (χ4n) is 4.11. The number of aryl methyl sites for hydroxylation is 1. The number of carbonyl (C=O) groups is 4. The van der Waals surface area contributed by atoms with Gasteiger partial charge in [0.1, 0.15) is 5.78 Å². The first-order chi connectivity index (χ1) is 17.5. The van der Waals surface area contributed by atoms with Crippen molar-refractivity contribution in [1.82, 2.24) is 20.5 Å². The van der Waals surface area contributed by atoms with Crippen LogP contribution in [0.2, 0.25) is 0 Å². The predicted octanol–water partition coefficient (Wildman–Crippen LogP) is 4.61. The fourth-order valence-corrected chi connectivity index (χ4v) is 4.88. The number of aromatic nitrogens is 1. The lowest BCUT2D eigenvalue weighted by atomic mass is 9.82. The topological polar surface area (TPSA) is 161 Å². The smallest absolute Gasteiger partial charge is 0.410 e. The quantitative estimate of drug-likeness (QED) is 0.270. The van der Waals surface area contributed by atoms with Crippen molar-refractivity contribution in [3.8, 4) is 11.3 Å². The molecule has 38 heavy (non-hydrogen) atoms. The van der Waals surface area contributed by atoms with Crippen molar-refractivity contribution in [1.29, 1.82) is 0 Å². The highest BCUT2D eigenvalue weighted by Crippen LogP contribution is 2.36. The lowest BCUT2D eigenvalue weighted by Crippen LogP contribution is -2.79. The van der Waals surface area contributed by atoms with E-state index in [1.54, 1.807) is 41.5 Å². The number of anilines is 1. The zero-order chi connectivity index (χ0) is 28.9. The van der Waals surface area contributed by atoms with Gasteiger partial charge in [-0.15, -0.1) is 11.3 Å². The van der Waals surface area contributed by atoms with Crippen LogP contribution in [-0.2, 0) is 16.0 Å². The molecule has 0 aliphatic carbocycles. The Morgan fingerprint density at radius 3 is 2.08 bits per heavy atom. The monoisotopic (exact) mass is 547 g/mol. The Balaban J connectivity index is 2.13. The van der Waals surface area contributed by atoms with E-state index in [2.05, 4.69) is 20.9 Å². The first-order valence-corrected chi connectivity index (χ1v) is 13.0. The summed E-state index contributed by atoms with van der Waals surface area (Å²) in [7, 11) is 0. The Kier molecular flexibility index (Phi) is 9.62. The largest absolute Gasteiger partial charge is 0.465 e. The molecule has 0 fully saturated rings. The molecule has 3 amide bonds. The van der Waals surface area contributed by atoms with Gasteiger partial charge in [0.2, 0.25) is 5.91 Å². The highest BCUT2D eigenvalue weighted by atomic mass is 32.1. The molecule has 5 N–H and O–H groups in total. The molecule has 0 radical (unpaired) electrons. The summed E-state index contributed by atoms with van der Waals surface area (Å²) in [5.41, 5.74) is 0.589. The van der Waals surface area contributed by atoms with E-state index in [1.165, 1.54) is 18.3 Å². The van der Waals surface area contributed by atoms with Gasteiger partial charge in [-0.2, -0.15) is 0 Å². The summed E-state index contributed by atoms with van der Waals surface area (Å²) < 4.78 is 0. The number of hydrogen-bond donors (Lipinski definition) is 5. The summed E-state index contributed by atoms with van der Waals surface area (Å²) in [4.78, 5) is 53.5. The zero-order valence-electron chi connectivity index (χ0n) is 22.8. The number of ketones is 1. The SMILES string of the molecule is CC(=O)Nc1nc(-c2ccc(CCC(=O)CNC(NC(=O)O)(N(C(=O)O)C(C)(C)C)C(C)(C)C)cc2)cs1. The molecular formula is C26H37N5O6S. The van der Waals surface area contributed by atoms with Crippen LogP contribution in [0.1, 0.15) is 60.5 Å². The van der Waals surface area contributed by atoms with Crippen LogP contribution in [-0.4, -0.2) is 61.8 Å². The van der Waals surface area contributed by atoms with Crippen molar-refractivity contribution in [2.24, 2.45) is 5.41 Å². The standard InChI is InChI=1S/C26H37N5O6S/c1-16(32)28-21-29-20(15-38-21)18-11-8-17(9-12-18)10-13-19(33)14-27-26(24(2,3)4,30-22(34)35)31(23(36)37)25(5,6)7/h8-9,11-12,15,27,30H,10,13-14H2,1-7H3,(H,34,35)(H,36,37)(H,28,29,32). The number of nitrogens with zero attached hydrogens (tertiary/aromatic N) is 2. The molecule has 0 spiro atoms. The summed E-state index contributed by atoms with van der Waals surface area (Å²) in [6.45, 7) is 11.3. The second-order valence-corrected chi connectivity index (χ2v) is 11.8. The van der Waals surface area contributed by atoms with Crippen LogP contribution in [0.15, 0.2) is 29.6 Å². The highest BCUT2D eigenvalue weighted by molar-refractivity contribution is 7.14. The van der Waals surface area contributed by atoms with E-state index in [0.717, 1.165) is 21.7 Å². The number of amides is 3. The number of Topliss-reactive ketones (excluding diaryl/α,β-unsaturated/α-hetero) is 1. The number of thiazole rings is 1. The minimum absolute atomic E-state index is 0.172. The van der Waals surface area contributed by atoms with Crippen molar-refractivity contribution in [2.45, 2.75) is 72.6 Å². The van der Waals surface area contributed by atoms with E-state index in [-0.39, 0.29) is 24.7 Å². The predicted molar refractivity (Wildman–Crippen MR) is 146 cm³/mol. The molecule has 1 unspecified atom stereocenters. The second-order valence-electron chi connectivity index (χ2n) is 11.0. The van der Waals surface area contributed by atoms with Gasteiger partial charge < -0.3 is 15.5 Å². The van der Waals surface area contributed by atoms with Crippen LogP contribution in [0.5, 0.6) is 0 Å². The molecule has 1 aromatic heterocycles. The van der Waals surface area contributed by atoms with Gasteiger partial charge >= 0.3 is 12.2 Å². The summed E-state index contributed by atoms with van der Waals surface area (Å²) in [6.07, 6.45) is -2.12. The van der Waals surface area contributed by atoms with Gasteiger partial charge in [0.15, 0.2) is 10.9 Å². The van der Waals surface area contributed by atoms with Crippen LogP contribution in [0, 0.1) is 5.41 Å². The lowest BCUT2D eigenvalue weighted by Gasteiger charge is -2.55. The van der Waals surface area contributed by atoms with Crippen LogP contribution in [0.25, 0.3) is 11.3 Å². The molecule has 1 atom stereocenters. The molecule has 2 aromatic rings. The molecule has 0 aliphatic heterocycles. The average molecular weight is 548 g/mol. The van der Waals surface area contributed by atoms with Gasteiger partial charge in [0.25, 0.3) is 0 Å². The molecule has 12 heteroatoms. The van der Waals surface area contributed by atoms with E-state index < -0.39 is 28.9 Å². The fraction of sp³-hybridized carbons (Fsp3) is 0.500. The molecule has 0 aliphatic rings. The minimum Gasteiger partial charge on any atom is -0.465 e. The van der Waals surface area contributed by atoms with Crippen molar-refractivity contribution >= 4 is 40.3 Å². The molecule has 1 aromatic carbocycles. The third-order valence-electron chi connectivity index (χ3n) is 5.84. The Morgan fingerprint density at radius 2 is 1.61 bits per heavy atom. The van der Waals surface area contributed by atoms with E-state index >= 15 is 0 Å². The van der Waals surface area contributed by atoms with Crippen LogP contribution < -0.4 is 16.0 Å². The maximum atomic E-state index is 12.9. The summed E-state index contributed by atoms with van der Waals surface area (Å²) in [6, 6.07) is 7.57. The molecule has 2 rings (SSSR count). The molecule has 1 heterocycles. The van der Waals surface area contributed by atoms with Gasteiger partial charge in [0.05, 0.1) is 12.2 Å². The number of benzene rings is 1. The lowest BCUT2D eigenvalue weighted by molar-refractivity contribution is -0.123. The molecule has 0 bridgehead atoms. The normalized spacial score (nSPS) is 13.3. The van der Waals surface area contributed by atoms with Crippen LogP contribution >= 0.6 is 11.3 Å². The Hall–Kier alpha value is -3.51. The molecule has 0 saturated heterocycles. The third-order valence-corrected chi connectivity index (χ3v) is 6.60. The third kappa shape index (κ3) is 7.75. The molecular weight excluding hydrogens is 510 g/mol. The number of nitrogens with one attached hydrogen (secondary N) is 3. The second kappa shape index (κ2) is 11.9. The summed E-state index contributed by atoms with van der Waals surface area (Å²) in [5, 5.41) is 29.9. The summed E-state index contributed by atoms with van der Waals surface area (Å²) in [5.74, 6) is -2.16. The number of carboxylic acid groups (broad SMARTS) is 2. The number of rotatable bonds is 10. The molecule has 11 nitrogen and oxygen atoms in total. The van der Waals surface area contributed by atoms with Gasteiger partial charge in [-0.3, -0.25) is 25.1 Å². The first-order valence-electron chi connectivity index (χ1n) is 12.1. The van der Waals surface area contributed by atoms with Gasteiger partial charge in [0, 0.05) is 35.2 Å². The van der Waals surface area contributed by atoms with E-state index in [1.807, 2.05) is 29.6 Å². The van der Waals surface area contributed by atoms with Crippen molar-refractivity contribution in [3.05, 3.63) is 35.2 Å². The number of hydrogen-bond acceptors (Lipinski definition) is 7. The highest BCUT2D eigenvalue weighted by Gasteiger charge is 2.54. The number of carbonyl (C=O) groups excluding carboxylic acids is 2. The Bertz CT molecular complexity index is 1170. The van der Waals surface area contributed by atoms with E-state index in [9.17, 15) is 29.4 Å². The average Bonchev–Trinajstić information content (AvgIpc) is 3.21. The molecule has 208 valence electrons. The maximum Gasteiger partial charge on any atom is 0.410 e. The first kappa shape index (κ1) is 30.7. The van der Waals surface area contributed by atoms with Crippen molar-refractivity contribution in [3.63, 3.8) is 0 Å². The van der Waals surface area contributed by atoms with E-state index in [0.29, 0.717) is 11.6 Å². The Morgan fingerprint density at radius 1 is 1.00 bits per heavy atom. The maximum absolute atomic E-state index is 12.9. The van der Waals surface area contributed by atoms with Gasteiger partial charge in [-0.05, 0) is 32.8 Å². The zero-order valence-corrected chi connectivity index (χ0v) is 23.7.